The number of amides is 2. The van der Waals surface area contributed by atoms with Crippen LogP contribution in [-0.2, 0) is 37.1 Å². The first-order chi connectivity index (χ1) is 13.5. The van der Waals surface area contributed by atoms with E-state index in [4.69, 9.17) is 25.8 Å². The van der Waals surface area contributed by atoms with E-state index in [1.165, 1.54) is 4.90 Å². The summed E-state index contributed by atoms with van der Waals surface area (Å²) in [5, 5.41) is 0.503. The predicted molar refractivity (Wildman–Crippen MR) is 98.2 cm³/mol. The Hall–Kier alpha value is -2.38. The number of ether oxygens (including phenoxy) is 3. The van der Waals surface area contributed by atoms with Gasteiger partial charge in [0.15, 0.2) is 6.79 Å². The SMILES string of the molecule is O=C(CCN1C(=O)[C@H]2CC=CC[C@@H]2C1=O)OCc1cc(Cl)cc2c1OCOC2. The maximum Gasteiger partial charge on any atom is 0.307 e. The van der Waals surface area contributed by atoms with E-state index in [0.29, 0.717) is 35.8 Å². The minimum atomic E-state index is -0.491. The standard InChI is InChI=1S/C20H20ClNO6/c21-14-7-12-9-26-11-28-18(12)13(8-14)10-27-17(23)5-6-22-19(24)15-3-1-2-4-16(15)20(22)25/h1-2,7-8,15-16H,3-6,9-11H2/t15-,16-/m0/s1. The molecule has 1 fully saturated rings. The van der Waals surface area contributed by atoms with Gasteiger partial charge < -0.3 is 14.2 Å². The van der Waals surface area contributed by atoms with Gasteiger partial charge in [-0.25, -0.2) is 0 Å². The van der Waals surface area contributed by atoms with Crippen molar-refractivity contribution in [2.45, 2.75) is 32.5 Å². The number of likely N-dealkylation sites (tertiary alicyclic amines) is 1. The number of hydrogen-bond donors (Lipinski definition) is 0. The lowest BCUT2D eigenvalue weighted by atomic mass is 9.85. The number of imide groups is 1. The van der Waals surface area contributed by atoms with Crippen molar-refractivity contribution in [1.29, 1.82) is 0 Å². The fraction of sp³-hybridized carbons (Fsp3) is 0.450. The molecule has 28 heavy (non-hydrogen) atoms. The van der Waals surface area contributed by atoms with E-state index in [9.17, 15) is 14.4 Å². The van der Waals surface area contributed by atoms with Gasteiger partial charge in [-0.3, -0.25) is 19.3 Å². The van der Waals surface area contributed by atoms with E-state index in [0.717, 1.165) is 5.56 Å². The van der Waals surface area contributed by atoms with Crippen molar-refractivity contribution >= 4 is 29.4 Å². The molecule has 2 heterocycles. The second kappa shape index (κ2) is 7.93. The van der Waals surface area contributed by atoms with Gasteiger partial charge in [0.25, 0.3) is 0 Å². The summed E-state index contributed by atoms with van der Waals surface area (Å²) in [4.78, 5) is 38.2. The van der Waals surface area contributed by atoms with E-state index >= 15 is 0 Å². The van der Waals surface area contributed by atoms with Crippen LogP contribution in [0.15, 0.2) is 24.3 Å². The van der Waals surface area contributed by atoms with Gasteiger partial charge in [-0.05, 0) is 25.0 Å². The van der Waals surface area contributed by atoms with Crippen LogP contribution in [0.1, 0.15) is 30.4 Å². The first kappa shape index (κ1) is 19.0. The Bertz CT molecular complexity index is 825. The summed E-state index contributed by atoms with van der Waals surface area (Å²) in [6, 6.07) is 3.43. The van der Waals surface area contributed by atoms with Gasteiger partial charge in [-0.2, -0.15) is 0 Å². The fourth-order valence-corrected chi connectivity index (χ4v) is 4.15. The van der Waals surface area contributed by atoms with Gasteiger partial charge in [0.2, 0.25) is 11.8 Å². The number of benzene rings is 1. The number of fused-ring (bicyclic) bond motifs is 2. The lowest BCUT2D eigenvalue weighted by molar-refractivity contribution is -0.146. The number of nitrogens with zero attached hydrogens (tertiary/aromatic N) is 1. The zero-order chi connectivity index (χ0) is 19.7. The van der Waals surface area contributed by atoms with E-state index in [2.05, 4.69) is 0 Å². The molecule has 0 N–H and O–H groups in total. The molecule has 1 aromatic carbocycles. The summed E-state index contributed by atoms with van der Waals surface area (Å²) < 4.78 is 16.0. The van der Waals surface area contributed by atoms with Crippen molar-refractivity contribution in [3.05, 3.63) is 40.4 Å². The van der Waals surface area contributed by atoms with Crippen molar-refractivity contribution in [1.82, 2.24) is 4.90 Å². The average molecular weight is 406 g/mol. The van der Waals surface area contributed by atoms with Crippen LogP contribution in [0.4, 0.5) is 0 Å². The number of hydrogen-bond acceptors (Lipinski definition) is 6. The van der Waals surface area contributed by atoms with Crippen molar-refractivity contribution in [2.75, 3.05) is 13.3 Å². The summed E-state index contributed by atoms with van der Waals surface area (Å²) in [6.45, 7) is 0.555. The summed E-state index contributed by atoms with van der Waals surface area (Å²) >= 11 is 6.10. The third-order valence-electron chi connectivity index (χ3n) is 5.28. The van der Waals surface area contributed by atoms with Crippen LogP contribution in [0, 0.1) is 11.8 Å². The molecule has 1 aromatic rings. The Balaban J connectivity index is 1.33. The molecule has 2 atom stereocenters. The summed E-state index contributed by atoms with van der Waals surface area (Å²) in [5.74, 6) is -0.829. The number of halogens is 1. The van der Waals surface area contributed by atoms with Crippen LogP contribution >= 0.6 is 11.6 Å². The molecule has 0 saturated carbocycles. The third-order valence-corrected chi connectivity index (χ3v) is 5.50. The molecule has 8 heteroatoms. The average Bonchev–Trinajstić information content (AvgIpc) is 2.95. The normalized spacial score (nSPS) is 23.2. The van der Waals surface area contributed by atoms with E-state index in [1.54, 1.807) is 12.1 Å². The lowest BCUT2D eigenvalue weighted by Crippen LogP contribution is -2.33. The van der Waals surface area contributed by atoms with E-state index in [-0.39, 0.29) is 50.0 Å². The number of carbonyl (C=O) groups is 3. The topological polar surface area (TPSA) is 82.1 Å². The highest BCUT2D eigenvalue weighted by Gasteiger charge is 2.46. The lowest BCUT2D eigenvalue weighted by Gasteiger charge is -2.21. The molecule has 1 aliphatic carbocycles. The quantitative estimate of drug-likeness (QED) is 0.425. The summed E-state index contributed by atoms with van der Waals surface area (Å²) in [7, 11) is 0. The largest absolute Gasteiger partial charge is 0.467 e. The monoisotopic (exact) mass is 405 g/mol. The fourth-order valence-electron chi connectivity index (χ4n) is 3.89. The van der Waals surface area contributed by atoms with Gasteiger partial charge in [-0.15, -0.1) is 0 Å². The zero-order valence-corrected chi connectivity index (χ0v) is 15.9. The van der Waals surface area contributed by atoms with Gasteiger partial charge >= 0.3 is 5.97 Å². The van der Waals surface area contributed by atoms with Gasteiger partial charge in [0.05, 0.1) is 24.9 Å². The first-order valence-corrected chi connectivity index (χ1v) is 9.60. The number of esters is 1. The highest BCUT2D eigenvalue weighted by atomic mass is 35.5. The molecule has 0 spiro atoms. The minimum absolute atomic E-state index is 0.00120. The maximum atomic E-state index is 12.4. The van der Waals surface area contributed by atoms with E-state index < -0.39 is 5.97 Å². The van der Waals surface area contributed by atoms with Crippen molar-refractivity contribution < 1.29 is 28.6 Å². The molecule has 0 aromatic heterocycles. The minimum Gasteiger partial charge on any atom is -0.467 e. The first-order valence-electron chi connectivity index (χ1n) is 9.22. The van der Waals surface area contributed by atoms with Crippen molar-refractivity contribution in [3.63, 3.8) is 0 Å². The van der Waals surface area contributed by atoms with Gasteiger partial charge in [0, 0.05) is 22.7 Å². The molecule has 3 aliphatic rings. The number of carbonyl (C=O) groups excluding carboxylic acids is 3. The Morgan fingerprint density at radius 2 is 1.89 bits per heavy atom. The molecule has 148 valence electrons. The molecular formula is C20H20ClNO6. The second-order valence-electron chi connectivity index (χ2n) is 7.06. The Morgan fingerprint density at radius 3 is 2.61 bits per heavy atom. The number of rotatable bonds is 5. The summed E-state index contributed by atoms with van der Waals surface area (Å²) in [5.41, 5.74) is 1.46. The van der Waals surface area contributed by atoms with Crippen LogP contribution in [0.2, 0.25) is 5.02 Å². The van der Waals surface area contributed by atoms with Gasteiger partial charge in [-0.1, -0.05) is 23.8 Å². The highest BCUT2D eigenvalue weighted by molar-refractivity contribution is 6.30. The second-order valence-corrected chi connectivity index (χ2v) is 7.49. The Kier molecular flexibility index (Phi) is 5.37. The van der Waals surface area contributed by atoms with Crippen LogP contribution in [-0.4, -0.2) is 36.0 Å². The Morgan fingerprint density at radius 1 is 1.18 bits per heavy atom. The molecule has 2 amide bonds. The van der Waals surface area contributed by atoms with Crippen LogP contribution < -0.4 is 4.74 Å². The smallest absolute Gasteiger partial charge is 0.307 e. The molecule has 0 unspecified atom stereocenters. The third kappa shape index (κ3) is 3.64. The number of allylic oxidation sites excluding steroid dienone is 2. The van der Waals surface area contributed by atoms with Crippen LogP contribution in [0.5, 0.6) is 5.75 Å². The molecular weight excluding hydrogens is 386 g/mol. The highest BCUT2D eigenvalue weighted by Crippen LogP contribution is 2.35. The van der Waals surface area contributed by atoms with Crippen molar-refractivity contribution in [2.24, 2.45) is 11.8 Å². The Labute approximate surface area is 167 Å². The molecule has 0 radical (unpaired) electrons. The predicted octanol–water partition coefficient (Wildman–Crippen LogP) is 2.59. The molecule has 7 nitrogen and oxygen atoms in total. The molecule has 0 bridgehead atoms. The summed E-state index contributed by atoms with van der Waals surface area (Å²) in [6.07, 6.45) is 4.99. The molecule has 2 aliphatic heterocycles. The molecule has 4 rings (SSSR count). The van der Waals surface area contributed by atoms with E-state index in [1.807, 2.05) is 12.2 Å². The van der Waals surface area contributed by atoms with Crippen LogP contribution in [0.3, 0.4) is 0 Å². The van der Waals surface area contributed by atoms with Crippen LogP contribution in [0.25, 0.3) is 0 Å². The maximum absolute atomic E-state index is 12.4. The van der Waals surface area contributed by atoms with Gasteiger partial charge in [0.1, 0.15) is 12.4 Å². The molecule has 1 saturated heterocycles. The zero-order valence-electron chi connectivity index (χ0n) is 15.2. The van der Waals surface area contributed by atoms with Crippen molar-refractivity contribution in [3.8, 4) is 5.75 Å².